The van der Waals surface area contributed by atoms with Gasteiger partial charge >= 0.3 is 0 Å². The second-order valence-electron chi connectivity index (χ2n) is 6.41. The maximum absolute atomic E-state index is 13.2. The fourth-order valence-corrected chi connectivity index (χ4v) is 4.25. The second kappa shape index (κ2) is 7.58. The molecule has 5 nitrogen and oxygen atoms in total. The van der Waals surface area contributed by atoms with Crippen molar-refractivity contribution in [2.24, 2.45) is 0 Å². The number of nitrogens with one attached hydrogen (secondary N) is 1. The lowest BCUT2D eigenvalue weighted by atomic mass is 10.2. The van der Waals surface area contributed by atoms with Gasteiger partial charge < -0.3 is 9.72 Å². The lowest BCUT2D eigenvalue weighted by Crippen LogP contribution is -2.25. The Kier molecular flexibility index (Phi) is 5.01. The molecule has 0 amide bonds. The number of H-pyrrole nitrogens is 1. The van der Waals surface area contributed by atoms with Crippen molar-refractivity contribution in [3.05, 3.63) is 70.5 Å². The van der Waals surface area contributed by atoms with E-state index >= 15 is 0 Å². The standard InChI is InChI=1S/C21H21N3O2S/c1-14(15-8-4-3-5-9-15)27-21-23-18-16-10-6-7-11-17(16)22-19(18)20(25)24(21)12-13-26-2/h3-11,14,22H,12-13H2,1-2H3/t14-/m0/s1. The first kappa shape index (κ1) is 17.8. The first-order valence-corrected chi connectivity index (χ1v) is 9.79. The summed E-state index contributed by atoms with van der Waals surface area (Å²) in [6.07, 6.45) is 0. The number of nitrogens with zero attached hydrogens (tertiary/aromatic N) is 2. The number of hydrogen-bond acceptors (Lipinski definition) is 4. The van der Waals surface area contributed by atoms with Crippen LogP contribution in [0.25, 0.3) is 21.9 Å². The molecular weight excluding hydrogens is 358 g/mol. The molecule has 27 heavy (non-hydrogen) atoms. The zero-order valence-corrected chi connectivity index (χ0v) is 16.1. The van der Waals surface area contributed by atoms with E-state index in [2.05, 4.69) is 24.0 Å². The van der Waals surface area contributed by atoms with Gasteiger partial charge in [0.05, 0.1) is 13.2 Å². The smallest absolute Gasteiger partial charge is 0.278 e. The van der Waals surface area contributed by atoms with E-state index < -0.39 is 0 Å². The monoisotopic (exact) mass is 379 g/mol. The second-order valence-corrected chi connectivity index (χ2v) is 7.72. The third-order valence-electron chi connectivity index (χ3n) is 4.65. The molecule has 2 aromatic heterocycles. The van der Waals surface area contributed by atoms with Gasteiger partial charge in [-0.25, -0.2) is 4.98 Å². The molecule has 1 N–H and O–H groups in total. The topological polar surface area (TPSA) is 59.9 Å². The summed E-state index contributed by atoms with van der Waals surface area (Å²) in [5, 5.41) is 1.86. The Morgan fingerprint density at radius 1 is 1.15 bits per heavy atom. The Morgan fingerprint density at radius 3 is 2.67 bits per heavy atom. The Hall–Kier alpha value is -2.57. The van der Waals surface area contributed by atoms with E-state index in [9.17, 15) is 4.79 Å². The summed E-state index contributed by atoms with van der Waals surface area (Å²) < 4.78 is 6.92. The quantitative estimate of drug-likeness (QED) is 0.399. The molecule has 0 radical (unpaired) electrons. The van der Waals surface area contributed by atoms with Gasteiger partial charge in [0.1, 0.15) is 11.0 Å². The van der Waals surface area contributed by atoms with E-state index in [1.165, 1.54) is 5.56 Å². The van der Waals surface area contributed by atoms with Gasteiger partial charge in [0.15, 0.2) is 5.16 Å². The fraction of sp³-hybridized carbons (Fsp3) is 0.238. The maximum Gasteiger partial charge on any atom is 0.278 e. The van der Waals surface area contributed by atoms with Gasteiger partial charge in [0.2, 0.25) is 0 Å². The fourth-order valence-electron chi connectivity index (χ4n) is 3.20. The van der Waals surface area contributed by atoms with Gasteiger partial charge in [0.25, 0.3) is 5.56 Å². The van der Waals surface area contributed by atoms with E-state index in [1.807, 2.05) is 42.5 Å². The highest BCUT2D eigenvalue weighted by molar-refractivity contribution is 7.99. The van der Waals surface area contributed by atoms with E-state index in [1.54, 1.807) is 23.4 Å². The Balaban J connectivity index is 1.86. The molecule has 0 saturated heterocycles. The number of methoxy groups -OCH3 is 1. The van der Waals surface area contributed by atoms with Gasteiger partial charge in [0, 0.05) is 23.3 Å². The lowest BCUT2D eigenvalue weighted by Gasteiger charge is -2.15. The van der Waals surface area contributed by atoms with Crippen LogP contribution in [0.15, 0.2) is 64.5 Å². The van der Waals surface area contributed by atoms with Gasteiger partial charge in [-0.3, -0.25) is 9.36 Å². The molecule has 138 valence electrons. The minimum Gasteiger partial charge on any atom is -0.383 e. The van der Waals surface area contributed by atoms with Crippen LogP contribution in [0.5, 0.6) is 0 Å². The average molecular weight is 379 g/mol. The van der Waals surface area contributed by atoms with Gasteiger partial charge in [-0.05, 0) is 18.6 Å². The van der Waals surface area contributed by atoms with Crippen molar-refractivity contribution in [1.29, 1.82) is 0 Å². The zero-order chi connectivity index (χ0) is 18.8. The highest BCUT2D eigenvalue weighted by atomic mass is 32.2. The number of thioether (sulfide) groups is 1. The number of hydrogen-bond donors (Lipinski definition) is 1. The maximum atomic E-state index is 13.2. The van der Waals surface area contributed by atoms with Crippen molar-refractivity contribution in [2.75, 3.05) is 13.7 Å². The van der Waals surface area contributed by atoms with Crippen molar-refractivity contribution in [2.45, 2.75) is 23.9 Å². The van der Waals surface area contributed by atoms with E-state index in [0.29, 0.717) is 23.8 Å². The van der Waals surface area contributed by atoms with Crippen molar-refractivity contribution < 1.29 is 4.74 Å². The summed E-state index contributed by atoms with van der Waals surface area (Å²) in [5.74, 6) is 0. The third kappa shape index (κ3) is 3.38. The largest absolute Gasteiger partial charge is 0.383 e. The van der Waals surface area contributed by atoms with Crippen LogP contribution in [0.2, 0.25) is 0 Å². The van der Waals surface area contributed by atoms with Crippen LogP contribution in [0, 0.1) is 0 Å². The van der Waals surface area contributed by atoms with Crippen LogP contribution in [0.3, 0.4) is 0 Å². The number of benzene rings is 2. The molecule has 0 unspecified atom stereocenters. The molecule has 0 bridgehead atoms. The van der Waals surface area contributed by atoms with Crippen LogP contribution in [0.4, 0.5) is 0 Å². The highest BCUT2D eigenvalue weighted by Gasteiger charge is 2.18. The molecule has 0 fully saturated rings. The molecule has 0 spiro atoms. The minimum atomic E-state index is -0.0592. The van der Waals surface area contributed by atoms with Crippen molar-refractivity contribution in [1.82, 2.24) is 14.5 Å². The van der Waals surface area contributed by atoms with Crippen molar-refractivity contribution >= 4 is 33.7 Å². The van der Waals surface area contributed by atoms with Crippen LogP contribution in [0.1, 0.15) is 17.7 Å². The van der Waals surface area contributed by atoms with Gasteiger partial charge in [-0.15, -0.1) is 0 Å². The first-order valence-electron chi connectivity index (χ1n) is 8.91. The summed E-state index contributed by atoms with van der Waals surface area (Å²) >= 11 is 1.60. The molecule has 2 heterocycles. The van der Waals surface area contributed by atoms with Crippen molar-refractivity contribution in [3.8, 4) is 0 Å². The summed E-state index contributed by atoms with van der Waals surface area (Å²) in [7, 11) is 1.64. The number of aromatic amines is 1. The average Bonchev–Trinajstić information content (AvgIpc) is 3.07. The normalized spacial score (nSPS) is 12.7. The number of ether oxygens (including phenoxy) is 1. The number of fused-ring (bicyclic) bond motifs is 3. The highest BCUT2D eigenvalue weighted by Crippen LogP contribution is 2.34. The van der Waals surface area contributed by atoms with Crippen molar-refractivity contribution in [3.63, 3.8) is 0 Å². The molecule has 1 atom stereocenters. The third-order valence-corrected chi connectivity index (χ3v) is 5.79. The zero-order valence-electron chi connectivity index (χ0n) is 15.3. The first-order chi connectivity index (χ1) is 13.2. The van der Waals surface area contributed by atoms with Crippen LogP contribution >= 0.6 is 11.8 Å². The van der Waals surface area contributed by atoms with Crippen LogP contribution < -0.4 is 5.56 Å². The molecule has 0 aliphatic carbocycles. The Morgan fingerprint density at radius 2 is 1.89 bits per heavy atom. The number of rotatable bonds is 6. The number of aromatic nitrogens is 3. The van der Waals surface area contributed by atoms with E-state index in [-0.39, 0.29) is 10.8 Å². The van der Waals surface area contributed by atoms with Gasteiger partial charge in [-0.1, -0.05) is 60.3 Å². The van der Waals surface area contributed by atoms with E-state index in [0.717, 1.165) is 16.4 Å². The van der Waals surface area contributed by atoms with Crippen LogP contribution in [-0.4, -0.2) is 28.3 Å². The van der Waals surface area contributed by atoms with Gasteiger partial charge in [-0.2, -0.15) is 0 Å². The predicted molar refractivity (Wildman–Crippen MR) is 110 cm³/mol. The SMILES string of the molecule is COCCn1c(S[C@@H](C)c2ccccc2)nc2c([nH]c3ccccc32)c1=O. The molecule has 6 heteroatoms. The molecule has 0 saturated carbocycles. The molecular formula is C21H21N3O2S. The Bertz CT molecular complexity index is 1130. The number of para-hydroxylation sites is 1. The minimum absolute atomic E-state index is 0.0592. The molecule has 0 aliphatic heterocycles. The van der Waals surface area contributed by atoms with E-state index in [4.69, 9.17) is 9.72 Å². The molecule has 0 aliphatic rings. The van der Waals surface area contributed by atoms with Crippen LogP contribution in [-0.2, 0) is 11.3 Å². The predicted octanol–water partition coefficient (Wildman–Crippen LogP) is 4.38. The molecule has 4 rings (SSSR count). The lowest BCUT2D eigenvalue weighted by molar-refractivity contribution is 0.183. The summed E-state index contributed by atoms with van der Waals surface area (Å²) in [4.78, 5) is 21.3. The molecule has 4 aromatic rings. The summed E-state index contributed by atoms with van der Waals surface area (Å²) in [6.45, 7) is 3.06. The Labute approximate surface area is 161 Å². The summed E-state index contributed by atoms with van der Waals surface area (Å²) in [5.41, 5.74) is 3.34. The molecule has 2 aromatic carbocycles. The summed E-state index contributed by atoms with van der Waals surface area (Å²) in [6, 6.07) is 18.1.